The molecule has 0 aliphatic carbocycles. The lowest BCUT2D eigenvalue weighted by molar-refractivity contribution is 0.164. The number of ether oxygens (including phenoxy) is 1. The van der Waals surface area contributed by atoms with Crippen molar-refractivity contribution in [3.8, 4) is 0 Å². The molecule has 78 valence electrons. The van der Waals surface area contributed by atoms with E-state index in [1.165, 1.54) is 0 Å². The van der Waals surface area contributed by atoms with Gasteiger partial charge in [-0.05, 0) is 25.0 Å². The van der Waals surface area contributed by atoms with E-state index >= 15 is 0 Å². The monoisotopic (exact) mass is 194 g/mol. The quantitative estimate of drug-likeness (QED) is 0.779. The molecule has 1 unspecified atom stereocenters. The van der Waals surface area contributed by atoms with Crippen LogP contribution in [0, 0.1) is 12.8 Å². The Morgan fingerprint density at radius 3 is 2.93 bits per heavy atom. The summed E-state index contributed by atoms with van der Waals surface area (Å²) in [5.74, 6) is 1.44. The maximum Gasteiger partial charge on any atom is 0.126 e. The highest BCUT2D eigenvalue weighted by Gasteiger charge is 2.01. The minimum Gasteiger partial charge on any atom is -0.384 e. The van der Waals surface area contributed by atoms with Crippen LogP contribution in [0.15, 0.2) is 18.2 Å². The minimum atomic E-state index is 0.502. The summed E-state index contributed by atoms with van der Waals surface area (Å²) in [6.45, 7) is 5.80. The number of methoxy groups -OCH3 is 1. The number of rotatable bonds is 5. The second-order valence-electron chi connectivity index (χ2n) is 3.61. The third kappa shape index (κ3) is 3.75. The summed E-state index contributed by atoms with van der Waals surface area (Å²) in [4.78, 5) is 4.35. The second-order valence-corrected chi connectivity index (χ2v) is 3.61. The number of hydrogen-bond donors (Lipinski definition) is 1. The summed E-state index contributed by atoms with van der Waals surface area (Å²) in [7, 11) is 1.72. The molecule has 0 bridgehead atoms. The lowest BCUT2D eigenvalue weighted by atomic mass is 10.2. The molecule has 1 N–H and O–H groups in total. The summed E-state index contributed by atoms with van der Waals surface area (Å²) in [6.07, 6.45) is 0. The number of hydrogen-bond acceptors (Lipinski definition) is 3. The molecule has 1 rings (SSSR count). The molecule has 14 heavy (non-hydrogen) atoms. The van der Waals surface area contributed by atoms with Crippen LogP contribution in [0.25, 0.3) is 0 Å². The van der Waals surface area contributed by atoms with Crippen molar-refractivity contribution in [3.05, 3.63) is 23.9 Å². The van der Waals surface area contributed by atoms with Crippen molar-refractivity contribution in [1.29, 1.82) is 0 Å². The van der Waals surface area contributed by atoms with Crippen LogP contribution in [0.4, 0.5) is 5.82 Å². The van der Waals surface area contributed by atoms with E-state index in [4.69, 9.17) is 4.74 Å². The second kappa shape index (κ2) is 5.60. The third-order valence-electron chi connectivity index (χ3n) is 1.97. The molecule has 1 aromatic heterocycles. The molecule has 3 nitrogen and oxygen atoms in total. The van der Waals surface area contributed by atoms with Crippen LogP contribution in [0.3, 0.4) is 0 Å². The zero-order valence-corrected chi connectivity index (χ0v) is 9.08. The van der Waals surface area contributed by atoms with Crippen LogP contribution in [0.2, 0.25) is 0 Å². The molecular formula is C11H18N2O. The first-order chi connectivity index (χ1) is 6.72. The zero-order chi connectivity index (χ0) is 10.4. The molecule has 1 aromatic rings. The fourth-order valence-electron chi connectivity index (χ4n) is 1.26. The smallest absolute Gasteiger partial charge is 0.126 e. The Balaban J connectivity index is 2.37. The van der Waals surface area contributed by atoms with E-state index in [2.05, 4.69) is 17.2 Å². The SMILES string of the molecule is COCC(C)CNc1cccc(C)n1. The average molecular weight is 194 g/mol. The van der Waals surface area contributed by atoms with Gasteiger partial charge in [0.15, 0.2) is 0 Å². The van der Waals surface area contributed by atoms with Crippen LogP contribution in [-0.4, -0.2) is 25.2 Å². The zero-order valence-electron chi connectivity index (χ0n) is 9.08. The molecule has 0 radical (unpaired) electrons. The van der Waals surface area contributed by atoms with Crippen molar-refractivity contribution >= 4 is 5.82 Å². The maximum atomic E-state index is 5.06. The molecule has 0 saturated carbocycles. The van der Waals surface area contributed by atoms with Crippen LogP contribution < -0.4 is 5.32 Å². The van der Waals surface area contributed by atoms with Crippen LogP contribution in [0.1, 0.15) is 12.6 Å². The predicted octanol–water partition coefficient (Wildman–Crippen LogP) is 2.08. The van der Waals surface area contributed by atoms with Gasteiger partial charge in [0.2, 0.25) is 0 Å². The van der Waals surface area contributed by atoms with E-state index in [-0.39, 0.29) is 0 Å². The third-order valence-corrected chi connectivity index (χ3v) is 1.97. The number of aryl methyl sites for hydroxylation is 1. The largest absolute Gasteiger partial charge is 0.384 e. The molecule has 0 aliphatic rings. The van der Waals surface area contributed by atoms with Crippen molar-refractivity contribution in [2.45, 2.75) is 13.8 Å². The fourth-order valence-corrected chi connectivity index (χ4v) is 1.26. The van der Waals surface area contributed by atoms with Crippen LogP contribution in [-0.2, 0) is 4.74 Å². The van der Waals surface area contributed by atoms with E-state index in [1.807, 2.05) is 25.1 Å². The molecule has 1 atom stereocenters. The normalized spacial score (nSPS) is 12.5. The Hall–Kier alpha value is -1.09. The summed E-state index contributed by atoms with van der Waals surface area (Å²) in [5, 5.41) is 3.28. The Morgan fingerprint density at radius 1 is 1.50 bits per heavy atom. The van der Waals surface area contributed by atoms with Crippen molar-refractivity contribution in [3.63, 3.8) is 0 Å². The first-order valence-electron chi connectivity index (χ1n) is 4.89. The molecule has 0 aliphatic heterocycles. The van der Waals surface area contributed by atoms with Gasteiger partial charge in [0.25, 0.3) is 0 Å². The van der Waals surface area contributed by atoms with Gasteiger partial charge in [0.1, 0.15) is 5.82 Å². The van der Waals surface area contributed by atoms with Gasteiger partial charge in [-0.15, -0.1) is 0 Å². The Labute approximate surface area is 85.5 Å². The van der Waals surface area contributed by atoms with Crippen molar-refractivity contribution in [2.24, 2.45) is 5.92 Å². The van der Waals surface area contributed by atoms with E-state index in [9.17, 15) is 0 Å². The molecular weight excluding hydrogens is 176 g/mol. The van der Waals surface area contributed by atoms with Crippen molar-refractivity contribution in [2.75, 3.05) is 25.6 Å². The number of nitrogens with zero attached hydrogens (tertiary/aromatic N) is 1. The lowest BCUT2D eigenvalue weighted by Gasteiger charge is -2.11. The number of nitrogens with one attached hydrogen (secondary N) is 1. The van der Waals surface area contributed by atoms with Gasteiger partial charge in [0, 0.05) is 19.3 Å². The summed E-state index contributed by atoms with van der Waals surface area (Å²) in [6, 6.07) is 5.97. The molecule has 1 heterocycles. The van der Waals surface area contributed by atoms with E-state index < -0.39 is 0 Å². The Kier molecular flexibility index (Phi) is 4.40. The fraction of sp³-hybridized carbons (Fsp3) is 0.545. The van der Waals surface area contributed by atoms with Crippen molar-refractivity contribution in [1.82, 2.24) is 4.98 Å². The highest BCUT2D eigenvalue weighted by Crippen LogP contribution is 2.05. The van der Waals surface area contributed by atoms with E-state index in [0.29, 0.717) is 5.92 Å². The first-order valence-corrected chi connectivity index (χ1v) is 4.89. The van der Waals surface area contributed by atoms with E-state index in [0.717, 1.165) is 24.7 Å². The summed E-state index contributed by atoms with van der Waals surface area (Å²) in [5.41, 5.74) is 1.04. The number of aromatic nitrogens is 1. The molecule has 3 heteroatoms. The average Bonchev–Trinajstić information content (AvgIpc) is 2.15. The summed E-state index contributed by atoms with van der Waals surface area (Å²) < 4.78 is 5.06. The van der Waals surface area contributed by atoms with Gasteiger partial charge in [-0.25, -0.2) is 4.98 Å². The number of pyridine rings is 1. The molecule has 0 fully saturated rings. The molecule has 0 saturated heterocycles. The Morgan fingerprint density at radius 2 is 2.29 bits per heavy atom. The topological polar surface area (TPSA) is 34.1 Å². The van der Waals surface area contributed by atoms with Gasteiger partial charge in [-0.1, -0.05) is 13.0 Å². The van der Waals surface area contributed by atoms with Crippen LogP contribution in [0.5, 0.6) is 0 Å². The van der Waals surface area contributed by atoms with Crippen LogP contribution >= 0.6 is 0 Å². The predicted molar refractivity (Wildman–Crippen MR) is 58.5 cm³/mol. The highest BCUT2D eigenvalue weighted by atomic mass is 16.5. The molecule has 0 spiro atoms. The molecule has 0 aromatic carbocycles. The van der Waals surface area contributed by atoms with Gasteiger partial charge >= 0.3 is 0 Å². The van der Waals surface area contributed by atoms with Crippen molar-refractivity contribution < 1.29 is 4.74 Å². The van der Waals surface area contributed by atoms with Gasteiger partial charge in [-0.3, -0.25) is 0 Å². The maximum absolute atomic E-state index is 5.06. The van der Waals surface area contributed by atoms with Gasteiger partial charge in [0.05, 0.1) is 6.61 Å². The highest BCUT2D eigenvalue weighted by molar-refractivity contribution is 5.34. The van der Waals surface area contributed by atoms with Gasteiger partial charge in [-0.2, -0.15) is 0 Å². The lowest BCUT2D eigenvalue weighted by Crippen LogP contribution is -2.16. The minimum absolute atomic E-state index is 0.502. The number of anilines is 1. The molecule has 0 amide bonds. The summed E-state index contributed by atoms with van der Waals surface area (Å²) >= 11 is 0. The standard InChI is InChI=1S/C11H18N2O/c1-9(8-14-3)7-12-11-6-4-5-10(2)13-11/h4-6,9H,7-8H2,1-3H3,(H,12,13). The Bertz CT molecular complexity index is 276. The first kappa shape index (κ1) is 11.0. The van der Waals surface area contributed by atoms with Gasteiger partial charge < -0.3 is 10.1 Å². The van der Waals surface area contributed by atoms with E-state index in [1.54, 1.807) is 7.11 Å².